The molecular formula is C25H23NO3. The Labute approximate surface area is 170 Å². The maximum atomic E-state index is 13.1. The van der Waals surface area contributed by atoms with Gasteiger partial charge in [-0.25, -0.2) is 0 Å². The number of rotatable bonds is 2. The summed E-state index contributed by atoms with van der Waals surface area (Å²) in [5, 5.41) is 12.2. The molecule has 29 heavy (non-hydrogen) atoms. The van der Waals surface area contributed by atoms with Gasteiger partial charge in [-0.05, 0) is 64.6 Å². The molecule has 146 valence electrons. The molecule has 0 radical (unpaired) electrons. The van der Waals surface area contributed by atoms with Gasteiger partial charge in [-0.15, -0.1) is 0 Å². The molecule has 1 amide bonds. The van der Waals surface area contributed by atoms with E-state index in [-0.39, 0.29) is 5.91 Å². The lowest BCUT2D eigenvalue weighted by Crippen LogP contribution is -2.35. The number of nitrogens with zero attached hydrogens (tertiary/aromatic N) is 1. The van der Waals surface area contributed by atoms with Crippen LogP contribution in [0, 0.1) is 0 Å². The molecule has 2 heterocycles. The Hall–Kier alpha value is -3.11. The van der Waals surface area contributed by atoms with Crippen LogP contribution in [0.3, 0.4) is 0 Å². The van der Waals surface area contributed by atoms with Crippen LogP contribution >= 0.6 is 0 Å². The number of phenols is 1. The largest absolute Gasteiger partial charge is 0.508 e. The Morgan fingerprint density at radius 3 is 2.72 bits per heavy atom. The van der Waals surface area contributed by atoms with Crippen LogP contribution in [0.4, 0.5) is 0 Å². The van der Waals surface area contributed by atoms with Crippen molar-refractivity contribution in [3.63, 3.8) is 0 Å². The average molecular weight is 385 g/mol. The number of ether oxygens (including phenoxy) is 1. The zero-order valence-corrected chi connectivity index (χ0v) is 16.2. The first-order valence-corrected chi connectivity index (χ1v) is 10.1. The maximum absolute atomic E-state index is 13.1. The molecule has 0 unspecified atom stereocenters. The van der Waals surface area contributed by atoms with Crippen molar-refractivity contribution in [2.45, 2.75) is 19.4 Å². The molecule has 4 heteroatoms. The normalized spacial score (nSPS) is 16.4. The van der Waals surface area contributed by atoms with Crippen molar-refractivity contribution >= 4 is 22.3 Å². The molecule has 2 aliphatic rings. The van der Waals surface area contributed by atoms with Gasteiger partial charge in [-0.3, -0.25) is 4.79 Å². The molecular weight excluding hydrogens is 362 g/mol. The van der Waals surface area contributed by atoms with E-state index in [0.717, 1.165) is 34.9 Å². The highest BCUT2D eigenvalue weighted by atomic mass is 16.5. The lowest BCUT2D eigenvalue weighted by atomic mass is 9.96. The van der Waals surface area contributed by atoms with Gasteiger partial charge in [-0.2, -0.15) is 0 Å². The highest BCUT2D eigenvalue weighted by molar-refractivity contribution is 5.99. The van der Waals surface area contributed by atoms with Gasteiger partial charge < -0.3 is 14.7 Å². The number of hydrogen-bond acceptors (Lipinski definition) is 3. The lowest BCUT2D eigenvalue weighted by molar-refractivity contribution is 0.0734. The fourth-order valence-corrected chi connectivity index (χ4v) is 4.31. The zero-order valence-electron chi connectivity index (χ0n) is 16.2. The van der Waals surface area contributed by atoms with Gasteiger partial charge in [0.05, 0.1) is 13.2 Å². The van der Waals surface area contributed by atoms with Gasteiger partial charge in [0.15, 0.2) is 0 Å². The average Bonchev–Trinajstić information content (AvgIpc) is 2.78. The topological polar surface area (TPSA) is 49.8 Å². The summed E-state index contributed by atoms with van der Waals surface area (Å²) < 4.78 is 5.40. The molecule has 5 rings (SSSR count). The van der Waals surface area contributed by atoms with Gasteiger partial charge in [0.1, 0.15) is 5.75 Å². The number of aromatic hydroxyl groups is 1. The molecule has 1 N–H and O–H groups in total. The van der Waals surface area contributed by atoms with Crippen LogP contribution < -0.4 is 0 Å². The summed E-state index contributed by atoms with van der Waals surface area (Å²) in [5.41, 5.74) is 5.25. The molecule has 0 saturated carbocycles. The number of phenolic OH excluding ortho intramolecular Hbond substituents is 1. The van der Waals surface area contributed by atoms with Crippen molar-refractivity contribution in [3.8, 4) is 5.75 Å². The van der Waals surface area contributed by atoms with Gasteiger partial charge in [-0.1, -0.05) is 36.4 Å². The summed E-state index contributed by atoms with van der Waals surface area (Å²) in [5.74, 6) is 0.368. The number of benzene rings is 3. The Kier molecular flexibility index (Phi) is 4.57. The van der Waals surface area contributed by atoms with Crippen molar-refractivity contribution in [3.05, 3.63) is 82.9 Å². The second-order valence-corrected chi connectivity index (χ2v) is 7.72. The predicted molar refractivity (Wildman–Crippen MR) is 114 cm³/mol. The Morgan fingerprint density at radius 1 is 1.00 bits per heavy atom. The summed E-state index contributed by atoms with van der Waals surface area (Å²) >= 11 is 0. The molecule has 4 nitrogen and oxygen atoms in total. The molecule has 2 aliphatic heterocycles. The third-order valence-electron chi connectivity index (χ3n) is 5.95. The van der Waals surface area contributed by atoms with Gasteiger partial charge in [0.2, 0.25) is 0 Å². The summed E-state index contributed by atoms with van der Waals surface area (Å²) in [6, 6.07) is 17.9. The monoisotopic (exact) mass is 385 g/mol. The minimum Gasteiger partial charge on any atom is -0.508 e. The van der Waals surface area contributed by atoms with E-state index in [1.54, 1.807) is 6.07 Å². The van der Waals surface area contributed by atoms with E-state index in [2.05, 4.69) is 24.3 Å². The summed E-state index contributed by atoms with van der Waals surface area (Å²) in [7, 11) is 0. The number of fused-ring (bicyclic) bond motifs is 2. The number of amides is 1. The fraction of sp³-hybridized carbons (Fsp3) is 0.240. The molecule has 0 bridgehead atoms. The number of carbonyl (C=O) groups is 1. The quantitative estimate of drug-likeness (QED) is 0.704. The van der Waals surface area contributed by atoms with Crippen LogP contribution in [-0.4, -0.2) is 35.7 Å². The Balaban J connectivity index is 1.40. The molecule has 0 saturated heterocycles. The number of carbonyl (C=O) groups excluding carboxylic acids is 1. The second-order valence-electron chi connectivity index (χ2n) is 7.72. The van der Waals surface area contributed by atoms with E-state index in [1.807, 2.05) is 35.2 Å². The number of hydrogen-bond donors (Lipinski definition) is 1. The first-order valence-electron chi connectivity index (χ1n) is 10.1. The molecule has 3 aromatic rings. The van der Waals surface area contributed by atoms with E-state index in [9.17, 15) is 9.90 Å². The highest BCUT2D eigenvalue weighted by Gasteiger charge is 2.23. The third-order valence-corrected chi connectivity index (χ3v) is 5.95. The Bertz CT molecular complexity index is 1130. The van der Waals surface area contributed by atoms with E-state index in [4.69, 9.17) is 4.74 Å². The molecule has 3 aromatic carbocycles. The Morgan fingerprint density at radius 2 is 1.86 bits per heavy atom. The first-order chi connectivity index (χ1) is 14.2. The van der Waals surface area contributed by atoms with Crippen molar-refractivity contribution in [2.24, 2.45) is 0 Å². The van der Waals surface area contributed by atoms with Crippen molar-refractivity contribution in [2.75, 3.05) is 19.8 Å². The van der Waals surface area contributed by atoms with Gasteiger partial charge in [0.25, 0.3) is 5.91 Å². The maximum Gasteiger partial charge on any atom is 0.254 e. The third kappa shape index (κ3) is 3.40. The van der Waals surface area contributed by atoms with Crippen molar-refractivity contribution in [1.29, 1.82) is 0 Å². The highest BCUT2D eigenvalue weighted by Crippen LogP contribution is 2.29. The SMILES string of the molecule is O=C(c1ccc2cc(C3=CCOCC3)ccc2c1)N1CCc2c(O)cccc2C1. The zero-order chi connectivity index (χ0) is 19.8. The molecule has 0 spiro atoms. The van der Waals surface area contributed by atoms with Crippen LogP contribution in [-0.2, 0) is 17.7 Å². The molecule has 0 fully saturated rings. The summed E-state index contributed by atoms with van der Waals surface area (Å²) in [4.78, 5) is 15.0. The van der Waals surface area contributed by atoms with Crippen molar-refractivity contribution < 1.29 is 14.6 Å². The van der Waals surface area contributed by atoms with E-state index >= 15 is 0 Å². The smallest absolute Gasteiger partial charge is 0.254 e. The summed E-state index contributed by atoms with van der Waals surface area (Å²) in [6.07, 6.45) is 3.77. The molecule has 0 aromatic heterocycles. The van der Waals surface area contributed by atoms with E-state index in [0.29, 0.717) is 37.4 Å². The minimum absolute atomic E-state index is 0.0390. The van der Waals surface area contributed by atoms with Crippen LogP contribution in [0.2, 0.25) is 0 Å². The van der Waals surface area contributed by atoms with Crippen molar-refractivity contribution in [1.82, 2.24) is 4.90 Å². The van der Waals surface area contributed by atoms with Crippen LogP contribution in [0.5, 0.6) is 5.75 Å². The first kappa shape index (κ1) is 18.0. The lowest BCUT2D eigenvalue weighted by Gasteiger charge is -2.29. The van der Waals surface area contributed by atoms with Crippen LogP contribution in [0.15, 0.2) is 60.7 Å². The predicted octanol–water partition coefficient (Wildman–Crippen LogP) is 4.55. The van der Waals surface area contributed by atoms with E-state index in [1.165, 1.54) is 11.1 Å². The summed E-state index contributed by atoms with van der Waals surface area (Å²) in [6.45, 7) is 2.61. The van der Waals surface area contributed by atoms with Gasteiger partial charge in [0, 0.05) is 24.2 Å². The second kappa shape index (κ2) is 7.37. The standard InChI is InChI=1S/C25H23NO3/c27-24-3-1-2-22-16-26(11-8-23(22)24)25(28)21-7-6-19-14-18(4-5-20(19)15-21)17-9-12-29-13-10-17/h1-7,9,14-15,27H,8,10-13,16H2. The van der Waals surface area contributed by atoms with Gasteiger partial charge >= 0.3 is 0 Å². The molecule has 0 aliphatic carbocycles. The minimum atomic E-state index is 0.0390. The van der Waals surface area contributed by atoms with Crippen LogP contribution in [0.25, 0.3) is 16.3 Å². The van der Waals surface area contributed by atoms with E-state index < -0.39 is 0 Å². The fourth-order valence-electron chi connectivity index (χ4n) is 4.31. The van der Waals surface area contributed by atoms with Crippen LogP contribution in [0.1, 0.15) is 33.5 Å². The molecule has 0 atom stereocenters.